The van der Waals surface area contributed by atoms with Crippen molar-refractivity contribution in [2.24, 2.45) is 0 Å². The van der Waals surface area contributed by atoms with Crippen LogP contribution in [0.1, 0.15) is 26.7 Å². The fraction of sp³-hybridized carbons (Fsp3) is 0.800. The Balaban J connectivity index is 0. The molecule has 9 heavy (non-hydrogen) atoms. The van der Waals surface area contributed by atoms with Crippen molar-refractivity contribution in [2.75, 3.05) is 0 Å². The summed E-state index contributed by atoms with van der Waals surface area (Å²) < 4.78 is 0. The topological polar surface area (TPSA) is 49.3 Å². The molecule has 0 saturated carbocycles. The predicted octanol–water partition coefficient (Wildman–Crippen LogP) is 2.21. The van der Waals surface area contributed by atoms with E-state index in [1.54, 1.807) is 0 Å². The van der Waals surface area contributed by atoms with Crippen LogP contribution in [-0.4, -0.2) is 11.2 Å². The van der Waals surface area contributed by atoms with Gasteiger partial charge in [0.15, 0.2) is 0 Å². The molecule has 0 rings (SSSR count). The Labute approximate surface area is 60.1 Å². The van der Waals surface area contributed by atoms with E-state index in [4.69, 9.17) is 9.90 Å². The molecule has 0 heterocycles. The van der Waals surface area contributed by atoms with E-state index >= 15 is 0 Å². The summed E-state index contributed by atoms with van der Waals surface area (Å²) in [4.78, 5) is 10.5. The number of nitrogens with one attached hydrogen (secondary N) is 1. The van der Waals surface area contributed by atoms with Gasteiger partial charge in [-0.2, -0.15) is 0 Å². The van der Waals surface area contributed by atoms with Crippen LogP contribution in [0.3, 0.4) is 0 Å². The number of rotatable bonds is 1. The fourth-order valence-corrected chi connectivity index (χ4v) is 0. The molecule has 4 heteroatoms. The minimum Gasteiger partial charge on any atom is -0.464 e. The van der Waals surface area contributed by atoms with Gasteiger partial charge in [-0.3, -0.25) is 0 Å². The summed E-state index contributed by atoms with van der Waals surface area (Å²) in [5, 5.41) is 7.48. The first-order valence-electron chi connectivity index (χ1n) is 2.78. The minimum atomic E-state index is -1.23. The average Bonchev–Trinajstić information content (AvgIpc) is 1.89. The van der Waals surface area contributed by atoms with E-state index in [-0.39, 0.29) is 0 Å². The van der Waals surface area contributed by atoms with Crippen molar-refractivity contribution in [1.29, 1.82) is 0 Å². The SMILES string of the molecule is CCCC.O=C(O)NCl. The first kappa shape index (κ1) is 11.4. The Morgan fingerprint density at radius 3 is 1.78 bits per heavy atom. The van der Waals surface area contributed by atoms with Gasteiger partial charge in [-0.1, -0.05) is 26.7 Å². The first-order chi connectivity index (χ1) is 4.18. The zero-order chi connectivity index (χ0) is 7.70. The summed E-state index contributed by atoms with van der Waals surface area (Å²) in [6.45, 7) is 4.36. The molecule has 0 aromatic carbocycles. The van der Waals surface area contributed by atoms with Crippen LogP contribution in [0.15, 0.2) is 0 Å². The van der Waals surface area contributed by atoms with E-state index in [1.807, 2.05) is 0 Å². The van der Waals surface area contributed by atoms with E-state index in [0.29, 0.717) is 0 Å². The van der Waals surface area contributed by atoms with Gasteiger partial charge in [0.25, 0.3) is 0 Å². The average molecular weight is 154 g/mol. The second-order valence-corrected chi connectivity index (χ2v) is 1.59. The number of hydrogen-bond acceptors (Lipinski definition) is 1. The molecule has 0 unspecified atom stereocenters. The molecular weight excluding hydrogens is 142 g/mol. The van der Waals surface area contributed by atoms with E-state index in [1.165, 1.54) is 17.7 Å². The normalized spacial score (nSPS) is 7.00. The van der Waals surface area contributed by atoms with Crippen LogP contribution >= 0.6 is 11.8 Å². The maximum Gasteiger partial charge on any atom is 0.419 e. The molecule has 0 radical (unpaired) electrons. The van der Waals surface area contributed by atoms with E-state index in [2.05, 4.69) is 25.6 Å². The lowest BCUT2D eigenvalue weighted by molar-refractivity contribution is 0.201. The van der Waals surface area contributed by atoms with Crippen molar-refractivity contribution in [3.63, 3.8) is 0 Å². The maximum absolute atomic E-state index is 9.12. The number of unbranched alkanes of at least 4 members (excludes halogenated alkanes) is 1. The minimum absolute atomic E-state index is 1.23. The molecule has 56 valence electrons. The molecular formula is C5H12ClNO2. The van der Waals surface area contributed by atoms with Crippen LogP contribution in [0.2, 0.25) is 0 Å². The molecule has 0 aromatic rings. The largest absolute Gasteiger partial charge is 0.464 e. The standard InChI is InChI=1S/C4H10.CH2ClNO2/c1-3-4-2;2-3-1(4)5/h3-4H2,1-2H3;3H,(H,4,5). The van der Waals surface area contributed by atoms with Crippen molar-refractivity contribution in [3.8, 4) is 0 Å². The Morgan fingerprint density at radius 1 is 1.56 bits per heavy atom. The van der Waals surface area contributed by atoms with Crippen molar-refractivity contribution in [3.05, 3.63) is 0 Å². The maximum atomic E-state index is 9.12. The van der Waals surface area contributed by atoms with E-state index in [9.17, 15) is 0 Å². The van der Waals surface area contributed by atoms with E-state index < -0.39 is 6.09 Å². The summed E-state index contributed by atoms with van der Waals surface area (Å²) >= 11 is 4.49. The third-order valence-electron chi connectivity index (χ3n) is 0.581. The highest BCUT2D eigenvalue weighted by Gasteiger charge is 1.79. The summed E-state index contributed by atoms with van der Waals surface area (Å²) in [5.74, 6) is 0. The number of hydrogen-bond donors (Lipinski definition) is 2. The van der Waals surface area contributed by atoms with Gasteiger partial charge in [-0.25, -0.2) is 9.63 Å². The Kier molecular flexibility index (Phi) is 13.3. The quantitative estimate of drug-likeness (QED) is 0.568. The summed E-state index contributed by atoms with van der Waals surface area (Å²) in [5.41, 5.74) is 0. The Morgan fingerprint density at radius 2 is 1.78 bits per heavy atom. The second kappa shape index (κ2) is 10.5. The molecule has 1 amide bonds. The number of amides is 1. The van der Waals surface area contributed by atoms with Gasteiger partial charge in [0.2, 0.25) is 0 Å². The zero-order valence-electron chi connectivity index (χ0n) is 5.65. The monoisotopic (exact) mass is 153 g/mol. The lowest BCUT2D eigenvalue weighted by atomic mass is 10.4. The van der Waals surface area contributed by atoms with Crippen molar-refractivity contribution < 1.29 is 9.90 Å². The van der Waals surface area contributed by atoms with Gasteiger partial charge in [0.05, 0.1) is 0 Å². The molecule has 3 nitrogen and oxygen atoms in total. The molecule has 0 atom stereocenters. The molecule has 2 N–H and O–H groups in total. The van der Waals surface area contributed by atoms with Crippen LogP contribution in [0, 0.1) is 0 Å². The van der Waals surface area contributed by atoms with Crippen LogP contribution < -0.4 is 4.84 Å². The lowest BCUT2D eigenvalue weighted by Crippen LogP contribution is -2.06. The molecule has 0 aromatic heterocycles. The van der Waals surface area contributed by atoms with Crippen LogP contribution in [0.25, 0.3) is 0 Å². The summed E-state index contributed by atoms with van der Waals surface area (Å²) in [7, 11) is 0. The number of carbonyl (C=O) groups is 1. The Bertz CT molecular complexity index is 66.0. The molecule has 0 saturated heterocycles. The van der Waals surface area contributed by atoms with Crippen molar-refractivity contribution >= 4 is 17.9 Å². The predicted molar refractivity (Wildman–Crippen MR) is 37.6 cm³/mol. The highest BCUT2D eigenvalue weighted by atomic mass is 35.5. The summed E-state index contributed by atoms with van der Waals surface area (Å²) in [6.07, 6.45) is 1.41. The molecule has 0 aliphatic heterocycles. The van der Waals surface area contributed by atoms with Gasteiger partial charge >= 0.3 is 6.09 Å². The van der Waals surface area contributed by atoms with Gasteiger partial charge in [0, 0.05) is 11.8 Å². The summed E-state index contributed by atoms with van der Waals surface area (Å²) in [6, 6.07) is 0. The van der Waals surface area contributed by atoms with Crippen LogP contribution in [-0.2, 0) is 0 Å². The van der Waals surface area contributed by atoms with E-state index in [0.717, 1.165) is 0 Å². The highest BCUT2D eigenvalue weighted by Crippen LogP contribution is 1.76. The van der Waals surface area contributed by atoms with Crippen LogP contribution in [0.4, 0.5) is 4.79 Å². The highest BCUT2D eigenvalue weighted by molar-refractivity contribution is 6.20. The second-order valence-electron chi connectivity index (χ2n) is 1.40. The molecule has 0 aliphatic carbocycles. The fourth-order valence-electron chi connectivity index (χ4n) is 0. The number of halogens is 1. The molecule has 0 aliphatic rings. The molecule has 0 bridgehead atoms. The zero-order valence-corrected chi connectivity index (χ0v) is 6.40. The Hall–Kier alpha value is -0.440. The van der Waals surface area contributed by atoms with Crippen molar-refractivity contribution in [2.45, 2.75) is 26.7 Å². The first-order valence-corrected chi connectivity index (χ1v) is 3.16. The third kappa shape index (κ3) is 35.7. The van der Waals surface area contributed by atoms with Crippen molar-refractivity contribution in [1.82, 2.24) is 4.84 Å². The lowest BCUT2D eigenvalue weighted by Gasteiger charge is -1.75. The van der Waals surface area contributed by atoms with Crippen LogP contribution in [0.5, 0.6) is 0 Å². The van der Waals surface area contributed by atoms with Gasteiger partial charge in [0.1, 0.15) is 0 Å². The molecule has 0 fully saturated rings. The molecule has 0 spiro atoms. The van der Waals surface area contributed by atoms with Gasteiger partial charge in [-0.05, 0) is 0 Å². The van der Waals surface area contributed by atoms with Gasteiger partial charge < -0.3 is 5.11 Å². The van der Waals surface area contributed by atoms with Gasteiger partial charge in [-0.15, -0.1) is 0 Å². The number of carboxylic acid groups (broad SMARTS) is 1. The smallest absolute Gasteiger partial charge is 0.419 e. The third-order valence-corrected chi connectivity index (χ3v) is 0.743.